The van der Waals surface area contributed by atoms with Gasteiger partial charge >= 0.3 is 6.03 Å². The Morgan fingerprint density at radius 2 is 1.91 bits per heavy atom. The van der Waals surface area contributed by atoms with Crippen molar-refractivity contribution in [1.82, 2.24) is 5.32 Å². The molecule has 0 aromatic heterocycles. The number of nitrogens with one attached hydrogen (secondary N) is 1. The van der Waals surface area contributed by atoms with Gasteiger partial charge in [0, 0.05) is 24.3 Å². The van der Waals surface area contributed by atoms with Crippen LogP contribution in [0.5, 0.6) is 5.75 Å². The molecule has 0 aliphatic carbocycles. The van der Waals surface area contributed by atoms with Gasteiger partial charge in [0.05, 0.1) is 12.3 Å². The number of hydrogen-bond donors (Lipinski definition) is 1. The molecular weight excluding hydrogens is 418 g/mol. The van der Waals surface area contributed by atoms with Gasteiger partial charge in [0.1, 0.15) is 11.3 Å². The average Bonchev–Trinajstić information content (AvgIpc) is 2.75. The minimum absolute atomic E-state index is 0.0442. The van der Waals surface area contributed by atoms with Crippen LogP contribution in [0, 0.1) is 0 Å². The Bertz CT molecular complexity index is 1170. The van der Waals surface area contributed by atoms with Gasteiger partial charge < -0.3 is 9.64 Å². The lowest BCUT2D eigenvalue weighted by molar-refractivity contribution is -0.122. The quantitative estimate of drug-likeness (QED) is 0.553. The number of carbonyl (C=O) groups excluding carboxylic acids is 3. The lowest BCUT2D eigenvalue weighted by atomic mass is 9.80. The molecule has 2 aliphatic heterocycles. The van der Waals surface area contributed by atoms with Crippen molar-refractivity contribution < 1.29 is 19.1 Å². The summed E-state index contributed by atoms with van der Waals surface area (Å²) in [5, 5.41) is 2.28. The molecule has 0 radical (unpaired) electrons. The summed E-state index contributed by atoms with van der Waals surface area (Å²) in [6.07, 6.45) is 2.55. The highest BCUT2D eigenvalue weighted by molar-refractivity contribution is 6.39. The molecule has 0 saturated carbocycles. The van der Waals surface area contributed by atoms with E-state index >= 15 is 0 Å². The van der Waals surface area contributed by atoms with E-state index in [0.29, 0.717) is 24.0 Å². The van der Waals surface area contributed by atoms with E-state index in [2.05, 4.69) is 38.0 Å². The number of fused-ring (bicyclic) bond motifs is 1. The number of rotatable bonds is 4. The number of urea groups is 1. The first-order chi connectivity index (χ1) is 15.6. The highest BCUT2D eigenvalue weighted by atomic mass is 16.5. The molecule has 2 aromatic carbocycles. The monoisotopic (exact) mass is 447 g/mol. The fourth-order valence-corrected chi connectivity index (χ4v) is 4.62. The molecular formula is C26H29N3O4. The molecule has 33 heavy (non-hydrogen) atoms. The van der Waals surface area contributed by atoms with E-state index in [9.17, 15) is 14.4 Å². The van der Waals surface area contributed by atoms with Crippen LogP contribution in [0.2, 0.25) is 0 Å². The van der Waals surface area contributed by atoms with Crippen LogP contribution in [-0.2, 0) is 9.59 Å². The van der Waals surface area contributed by atoms with Crippen LogP contribution in [-0.4, -0.2) is 37.0 Å². The second-order valence-corrected chi connectivity index (χ2v) is 9.18. The topological polar surface area (TPSA) is 79.0 Å². The molecule has 2 aromatic rings. The van der Waals surface area contributed by atoms with Gasteiger partial charge in [-0.25, -0.2) is 9.69 Å². The molecule has 172 valence electrons. The number of anilines is 2. The van der Waals surface area contributed by atoms with Gasteiger partial charge in [-0.2, -0.15) is 0 Å². The van der Waals surface area contributed by atoms with Gasteiger partial charge in [0.2, 0.25) is 0 Å². The van der Waals surface area contributed by atoms with Crippen molar-refractivity contribution in [3.8, 4) is 5.75 Å². The van der Waals surface area contributed by atoms with Gasteiger partial charge in [-0.15, -0.1) is 0 Å². The zero-order chi connectivity index (χ0) is 23.9. The molecule has 0 bridgehead atoms. The Balaban J connectivity index is 1.70. The first-order valence-corrected chi connectivity index (χ1v) is 11.1. The predicted octanol–water partition coefficient (Wildman–Crippen LogP) is 4.47. The van der Waals surface area contributed by atoms with E-state index in [4.69, 9.17) is 4.74 Å². The van der Waals surface area contributed by atoms with Crippen LogP contribution in [0.4, 0.5) is 16.2 Å². The molecule has 1 fully saturated rings. The third kappa shape index (κ3) is 4.11. The summed E-state index contributed by atoms with van der Waals surface area (Å²) < 4.78 is 5.48. The van der Waals surface area contributed by atoms with Crippen molar-refractivity contribution >= 4 is 35.3 Å². The predicted molar refractivity (Wildman–Crippen MR) is 129 cm³/mol. The van der Waals surface area contributed by atoms with Crippen molar-refractivity contribution in [2.24, 2.45) is 0 Å². The van der Waals surface area contributed by atoms with E-state index < -0.39 is 17.8 Å². The fraction of sp³-hybridized carbons (Fsp3) is 0.346. The molecule has 4 rings (SSSR count). The van der Waals surface area contributed by atoms with E-state index in [0.717, 1.165) is 22.6 Å². The maximum atomic E-state index is 13.2. The summed E-state index contributed by atoms with van der Waals surface area (Å²) in [6, 6.07) is 11.8. The number of benzene rings is 2. The molecule has 0 unspecified atom stereocenters. The van der Waals surface area contributed by atoms with E-state index in [1.165, 1.54) is 5.56 Å². The molecule has 2 heterocycles. The lowest BCUT2D eigenvalue weighted by Crippen LogP contribution is -2.54. The summed E-state index contributed by atoms with van der Waals surface area (Å²) in [4.78, 5) is 41.6. The van der Waals surface area contributed by atoms with Crippen LogP contribution >= 0.6 is 0 Å². The standard InChI is InChI=1S/C26H29N3O4/c1-6-33-19-9-7-8-18(14-19)29-24(31)21(23(30)27-25(29)32)13-17-10-11-22-20(12-17)16(2)15-26(3,4)28(22)5/h7-14,16H,6,15H2,1-5H3,(H,27,30,32)/b21-13+/t16-/m0/s1. The number of barbiturate groups is 1. The molecule has 1 atom stereocenters. The van der Waals surface area contributed by atoms with Crippen LogP contribution in [0.3, 0.4) is 0 Å². The van der Waals surface area contributed by atoms with Crippen molar-refractivity contribution in [3.63, 3.8) is 0 Å². The van der Waals surface area contributed by atoms with Gasteiger partial charge in [-0.05, 0) is 74.6 Å². The highest BCUT2D eigenvalue weighted by Crippen LogP contribution is 2.42. The minimum Gasteiger partial charge on any atom is -0.494 e. The largest absolute Gasteiger partial charge is 0.494 e. The maximum Gasteiger partial charge on any atom is 0.335 e. The maximum absolute atomic E-state index is 13.2. The molecule has 7 heteroatoms. The molecule has 4 amide bonds. The second kappa shape index (κ2) is 8.39. The first kappa shape index (κ1) is 22.6. The van der Waals surface area contributed by atoms with Crippen molar-refractivity contribution in [2.75, 3.05) is 23.5 Å². The number of hydrogen-bond acceptors (Lipinski definition) is 5. The zero-order valence-corrected chi connectivity index (χ0v) is 19.6. The minimum atomic E-state index is -0.779. The first-order valence-electron chi connectivity index (χ1n) is 11.1. The number of nitrogens with zero attached hydrogens (tertiary/aromatic N) is 2. The highest BCUT2D eigenvalue weighted by Gasteiger charge is 2.37. The third-order valence-corrected chi connectivity index (χ3v) is 6.46. The third-order valence-electron chi connectivity index (χ3n) is 6.46. The number of amides is 4. The second-order valence-electron chi connectivity index (χ2n) is 9.18. The van der Waals surface area contributed by atoms with Crippen LogP contribution < -0.4 is 19.9 Å². The molecule has 7 nitrogen and oxygen atoms in total. The summed E-state index contributed by atoms with van der Waals surface area (Å²) in [5.41, 5.74) is 3.35. The van der Waals surface area contributed by atoms with E-state index in [-0.39, 0.29) is 11.1 Å². The summed E-state index contributed by atoms with van der Waals surface area (Å²) in [6.45, 7) is 8.94. The van der Waals surface area contributed by atoms with Crippen molar-refractivity contribution in [3.05, 3.63) is 59.2 Å². The molecule has 2 aliphatic rings. The van der Waals surface area contributed by atoms with Crippen LogP contribution in [0.25, 0.3) is 6.08 Å². The Morgan fingerprint density at radius 3 is 2.64 bits per heavy atom. The Labute approximate surface area is 194 Å². The van der Waals surface area contributed by atoms with Gasteiger partial charge in [-0.1, -0.05) is 19.1 Å². The zero-order valence-electron chi connectivity index (χ0n) is 19.6. The normalized spacial score (nSPS) is 21.2. The van der Waals surface area contributed by atoms with E-state index in [1.807, 2.05) is 25.1 Å². The van der Waals surface area contributed by atoms with E-state index in [1.54, 1.807) is 30.3 Å². The van der Waals surface area contributed by atoms with Gasteiger partial charge in [0.15, 0.2) is 0 Å². The summed E-state index contributed by atoms with van der Waals surface area (Å²) >= 11 is 0. The Kier molecular flexibility index (Phi) is 5.74. The van der Waals surface area contributed by atoms with Crippen LogP contribution in [0.15, 0.2) is 48.0 Å². The lowest BCUT2D eigenvalue weighted by Gasteiger charge is -2.45. The van der Waals surface area contributed by atoms with Crippen molar-refractivity contribution in [1.29, 1.82) is 0 Å². The molecule has 0 spiro atoms. The van der Waals surface area contributed by atoms with Gasteiger partial charge in [0.25, 0.3) is 11.8 Å². The fourth-order valence-electron chi connectivity index (χ4n) is 4.62. The Hall–Kier alpha value is -3.61. The SMILES string of the molecule is CCOc1cccc(N2C(=O)NC(=O)/C(=C\c3ccc4c(c3)[C@@H](C)CC(C)(C)N4C)C2=O)c1. The summed E-state index contributed by atoms with van der Waals surface area (Å²) in [5.74, 6) is -0.499. The smallest absolute Gasteiger partial charge is 0.335 e. The average molecular weight is 448 g/mol. The Morgan fingerprint density at radius 1 is 1.15 bits per heavy atom. The number of ether oxygens (including phenoxy) is 1. The van der Waals surface area contributed by atoms with Gasteiger partial charge in [-0.3, -0.25) is 14.9 Å². The number of carbonyl (C=O) groups is 3. The summed E-state index contributed by atoms with van der Waals surface area (Å²) in [7, 11) is 2.08. The van der Waals surface area contributed by atoms with Crippen molar-refractivity contribution in [2.45, 2.75) is 45.6 Å². The molecule has 1 N–H and O–H groups in total. The molecule has 1 saturated heterocycles. The van der Waals surface area contributed by atoms with Crippen LogP contribution in [0.1, 0.15) is 51.2 Å². The number of imide groups is 2.